The van der Waals surface area contributed by atoms with Crippen molar-refractivity contribution >= 4 is 0 Å². The van der Waals surface area contributed by atoms with Crippen LogP contribution < -0.4 is 0 Å². The van der Waals surface area contributed by atoms with E-state index in [9.17, 15) is 30.6 Å². The number of aliphatic hydroxyl groups is 6. The van der Waals surface area contributed by atoms with Gasteiger partial charge in [-0.25, -0.2) is 0 Å². The molecule has 4 atom stereocenters. The van der Waals surface area contributed by atoms with Crippen molar-refractivity contribution in [2.24, 2.45) is 0 Å². The van der Waals surface area contributed by atoms with Crippen LogP contribution in [0.25, 0.3) is 0 Å². The van der Waals surface area contributed by atoms with Gasteiger partial charge in [-0.1, -0.05) is 60.7 Å². The first kappa shape index (κ1) is 20.5. The number of aliphatic hydroxyl groups excluding tert-OH is 4. The quantitative estimate of drug-likeness (QED) is 0.362. The van der Waals surface area contributed by atoms with Crippen LogP contribution >= 0.6 is 0 Å². The van der Waals surface area contributed by atoms with E-state index < -0.39 is 36.6 Å². The average molecular weight is 362 g/mol. The third kappa shape index (κ3) is 4.48. The van der Waals surface area contributed by atoms with E-state index in [1.165, 1.54) is 0 Å². The second kappa shape index (κ2) is 8.73. The number of hydrogen-bond donors (Lipinski definition) is 6. The molecule has 0 aliphatic rings. The lowest BCUT2D eigenvalue weighted by Gasteiger charge is -2.44. The van der Waals surface area contributed by atoms with Crippen molar-refractivity contribution in [3.63, 3.8) is 0 Å². The Kier molecular flexibility index (Phi) is 6.88. The number of benzene rings is 2. The molecule has 0 radical (unpaired) electrons. The Balaban J connectivity index is 2.35. The summed E-state index contributed by atoms with van der Waals surface area (Å²) in [7, 11) is 0. The fourth-order valence-electron chi connectivity index (χ4n) is 3.13. The van der Waals surface area contributed by atoms with Crippen LogP contribution in [0.3, 0.4) is 0 Å². The summed E-state index contributed by atoms with van der Waals surface area (Å²) in [5.74, 6) is 0. The fraction of sp³-hybridized carbons (Fsp3) is 0.400. The van der Waals surface area contributed by atoms with E-state index in [2.05, 4.69) is 0 Å². The third-order valence-corrected chi connectivity index (χ3v) is 4.69. The summed E-state index contributed by atoms with van der Waals surface area (Å²) in [5, 5.41) is 61.9. The molecule has 0 heterocycles. The highest BCUT2D eigenvalue weighted by Gasteiger charge is 2.52. The molecular formula is C20H26O6. The zero-order valence-corrected chi connectivity index (χ0v) is 14.4. The zero-order chi connectivity index (χ0) is 19.2. The van der Waals surface area contributed by atoms with Crippen LogP contribution in [0.2, 0.25) is 0 Å². The van der Waals surface area contributed by atoms with E-state index in [1.54, 1.807) is 60.7 Å². The van der Waals surface area contributed by atoms with Gasteiger partial charge in [-0.15, -0.1) is 0 Å². The lowest BCUT2D eigenvalue weighted by Crippen LogP contribution is -2.65. The van der Waals surface area contributed by atoms with Crippen LogP contribution in [0.15, 0.2) is 60.7 Å². The molecule has 0 fully saturated rings. The molecule has 6 N–H and O–H groups in total. The van der Waals surface area contributed by atoms with Crippen molar-refractivity contribution in [3.05, 3.63) is 71.8 Å². The SMILES string of the molecule is OCC(O)C(O)(Cc1ccccc1)C(O)C(O)(CO)Cc1ccccc1. The topological polar surface area (TPSA) is 121 Å². The standard InChI is InChI=1S/C20H26O6/c21-13-17(23)20(26,12-16-9-5-2-6-10-16)18(24)19(25,14-22)11-15-7-3-1-4-8-15/h1-10,17-18,21-26H,11-14H2. The molecule has 0 spiro atoms. The number of hydrogen-bond acceptors (Lipinski definition) is 6. The lowest BCUT2D eigenvalue weighted by molar-refractivity contribution is -0.223. The lowest BCUT2D eigenvalue weighted by atomic mass is 9.74. The summed E-state index contributed by atoms with van der Waals surface area (Å²) in [4.78, 5) is 0. The molecule has 0 bridgehead atoms. The first-order chi connectivity index (χ1) is 12.4. The fourth-order valence-corrected chi connectivity index (χ4v) is 3.13. The summed E-state index contributed by atoms with van der Waals surface area (Å²) in [6, 6.07) is 17.3. The third-order valence-electron chi connectivity index (χ3n) is 4.69. The summed E-state index contributed by atoms with van der Waals surface area (Å²) in [5.41, 5.74) is -3.13. The van der Waals surface area contributed by atoms with Crippen LogP contribution in [0.1, 0.15) is 11.1 Å². The Morgan fingerprint density at radius 3 is 1.62 bits per heavy atom. The van der Waals surface area contributed by atoms with E-state index in [0.29, 0.717) is 11.1 Å². The highest BCUT2D eigenvalue weighted by atomic mass is 16.4. The van der Waals surface area contributed by atoms with E-state index in [1.807, 2.05) is 0 Å². The van der Waals surface area contributed by atoms with Gasteiger partial charge in [-0.2, -0.15) is 0 Å². The molecule has 142 valence electrons. The van der Waals surface area contributed by atoms with E-state index in [-0.39, 0.29) is 12.8 Å². The van der Waals surface area contributed by atoms with E-state index in [0.717, 1.165) is 0 Å². The van der Waals surface area contributed by atoms with E-state index in [4.69, 9.17) is 0 Å². The van der Waals surface area contributed by atoms with Crippen LogP contribution in [-0.2, 0) is 12.8 Å². The summed E-state index contributed by atoms with van der Waals surface area (Å²) in [6.07, 6.45) is -3.98. The van der Waals surface area contributed by atoms with Gasteiger partial charge >= 0.3 is 0 Å². The molecule has 0 saturated carbocycles. The minimum absolute atomic E-state index is 0.138. The van der Waals surface area contributed by atoms with Crippen molar-refractivity contribution in [1.82, 2.24) is 0 Å². The predicted octanol–water partition coefficient (Wildman–Crippen LogP) is -0.360. The van der Waals surface area contributed by atoms with Crippen molar-refractivity contribution in [1.29, 1.82) is 0 Å². The second-order valence-electron chi connectivity index (χ2n) is 6.68. The molecule has 4 unspecified atom stereocenters. The van der Waals surface area contributed by atoms with Crippen molar-refractivity contribution in [2.45, 2.75) is 36.3 Å². The Morgan fingerprint density at radius 2 is 1.19 bits per heavy atom. The second-order valence-corrected chi connectivity index (χ2v) is 6.68. The molecule has 2 aromatic rings. The Morgan fingerprint density at radius 1 is 0.731 bits per heavy atom. The molecule has 2 aromatic carbocycles. The van der Waals surface area contributed by atoms with Gasteiger partial charge in [0, 0.05) is 12.8 Å². The molecule has 26 heavy (non-hydrogen) atoms. The molecule has 0 aromatic heterocycles. The maximum absolute atomic E-state index is 11.0. The van der Waals surface area contributed by atoms with Crippen molar-refractivity contribution in [3.8, 4) is 0 Å². The van der Waals surface area contributed by atoms with Crippen LogP contribution in [0, 0.1) is 0 Å². The van der Waals surface area contributed by atoms with Crippen LogP contribution in [-0.4, -0.2) is 67.3 Å². The number of rotatable bonds is 9. The van der Waals surface area contributed by atoms with Crippen LogP contribution in [0.5, 0.6) is 0 Å². The Bertz CT molecular complexity index is 665. The average Bonchev–Trinajstić information content (AvgIpc) is 2.68. The van der Waals surface area contributed by atoms with Gasteiger partial charge in [0.2, 0.25) is 0 Å². The normalized spacial score (nSPS) is 18.5. The molecule has 6 nitrogen and oxygen atoms in total. The first-order valence-corrected chi connectivity index (χ1v) is 8.46. The maximum atomic E-state index is 11.0. The molecule has 2 rings (SSSR count). The monoisotopic (exact) mass is 362 g/mol. The highest BCUT2D eigenvalue weighted by Crippen LogP contribution is 2.31. The van der Waals surface area contributed by atoms with Gasteiger partial charge < -0.3 is 30.6 Å². The predicted molar refractivity (Wildman–Crippen MR) is 96.4 cm³/mol. The largest absolute Gasteiger partial charge is 0.394 e. The summed E-state index contributed by atoms with van der Waals surface area (Å²) >= 11 is 0. The summed E-state index contributed by atoms with van der Waals surface area (Å²) < 4.78 is 0. The Hall–Kier alpha value is -1.80. The molecule has 0 aliphatic carbocycles. The maximum Gasteiger partial charge on any atom is 0.125 e. The van der Waals surface area contributed by atoms with Crippen LogP contribution in [0.4, 0.5) is 0 Å². The molecular weight excluding hydrogens is 336 g/mol. The van der Waals surface area contributed by atoms with Gasteiger partial charge in [0.1, 0.15) is 23.4 Å². The Labute approximate surface area is 152 Å². The van der Waals surface area contributed by atoms with Gasteiger partial charge in [-0.3, -0.25) is 0 Å². The van der Waals surface area contributed by atoms with Gasteiger partial charge in [0.05, 0.1) is 13.2 Å². The highest BCUT2D eigenvalue weighted by molar-refractivity contribution is 5.22. The molecule has 0 aliphatic heterocycles. The van der Waals surface area contributed by atoms with Crippen molar-refractivity contribution in [2.75, 3.05) is 13.2 Å². The van der Waals surface area contributed by atoms with Crippen molar-refractivity contribution < 1.29 is 30.6 Å². The molecule has 0 saturated heterocycles. The minimum Gasteiger partial charge on any atom is -0.394 e. The molecule has 0 amide bonds. The first-order valence-electron chi connectivity index (χ1n) is 8.46. The van der Waals surface area contributed by atoms with Gasteiger partial charge in [0.15, 0.2) is 0 Å². The van der Waals surface area contributed by atoms with Gasteiger partial charge in [0.25, 0.3) is 0 Å². The minimum atomic E-state index is -2.26. The van der Waals surface area contributed by atoms with Gasteiger partial charge in [-0.05, 0) is 11.1 Å². The summed E-state index contributed by atoms with van der Waals surface area (Å²) in [6.45, 7) is -1.65. The zero-order valence-electron chi connectivity index (χ0n) is 14.4. The smallest absolute Gasteiger partial charge is 0.125 e. The molecule has 6 heteroatoms. The van der Waals surface area contributed by atoms with E-state index >= 15 is 0 Å².